The summed E-state index contributed by atoms with van der Waals surface area (Å²) in [4.78, 5) is 2.01. The Kier molecular flexibility index (Phi) is 6.21. The Bertz CT molecular complexity index is 128. The quantitative estimate of drug-likeness (QED) is 0.618. The molecular formula is C10H21F2N. The van der Waals surface area contributed by atoms with Crippen molar-refractivity contribution in [3.8, 4) is 0 Å². The maximum absolute atomic E-state index is 12.3. The maximum atomic E-state index is 12.3. The first kappa shape index (κ1) is 12.8. The molecule has 0 spiro atoms. The van der Waals surface area contributed by atoms with Gasteiger partial charge in [0.1, 0.15) is 0 Å². The molecule has 0 N–H and O–H groups in total. The molecule has 0 saturated carbocycles. The SMILES string of the molecule is CC.CC1C(C(F)F)CCCN1C. The molecule has 3 heteroatoms. The lowest BCUT2D eigenvalue weighted by atomic mass is 9.91. The molecule has 1 rings (SSSR count). The molecule has 0 aliphatic carbocycles. The summed E-state index contributed by atoms with van der Waals surface area (Å²) in [5.41, 5.74) is 0. The lowest BCUT2D eigenvalue weighted by Crippen LogP contribution is -2.43. The van der Waals surface area contributed by atoms with E-state index in [1.807, 2.05) is 32.7 Å². The molecule has 0 bridgehead atoms. The van der Waals surface area contributed by atoms with E-state index in [2.05, 4.69) is 0 Å². The molecule has 2 unspecified atom stereocenters. The number of hydrogen-bond donors (Lipinski definition) is 0. The second-order valence-electron chi connectivity index (χ2n) is 3.36. The van der Waals surface area contributed by atoms with Crippen molar-refractivity contribution in [1.29, 1.82) is 0 Å². The van der Waals surface area contributed by atoms with Crippen LogP contribution in [0.2, 0.25) is 0 Å². The molecule has 13 heavy (non-hydrogen) atoms. The minimum Gasteiger partial charge on any atom is -0.303 e. The van der Waals surface area contributed by atoms with E-state index in [0.29, 0.717) is 6.42 Å². The van der Waals surface area contributed by atoms with Crippen LogP contribution >= 0.6 is 0 Å². The van der Waals surface area contributed by atoms with Crippen molar-refractivity contribution in [2.75, 3.05) is 13.6 Å². The molecule has 1 aliphatic rings. The topological polar surface area (TPSA) is 3.24 Å². The van der Waals surface area contributed by atoms with Crippen LogP contribution in [0.25, 0.3) is 0 Å². The summed E-state index contributed by atoms with van der Waals surface area (Å²) < 4.78 is 24.6. The average molecular weight is 193 g/mol. The Morgan fingerprint density at radius 3 is 2.23 bits per heavy atom. The maximum Gasteiger partial charge on any atom is 0.242 e. The van der Waals surface area contributed by atoms with Gasteiger partial charge in [0.15, 0.2) is 0 Å². The summed E-state index contributed by atoms with van der Waals surface area (Å²) in [6, 6.07) is 0.0451. The fourth-order valence-electron chi connectivity index (χ4n) is 1.68. The molecule has 80 valence electrons. The Morgan fingerprint density at radius 2 is 1.85 bits per heavy atom. The molecule has 1 nitrogen and oxygen atoms in total. The van der Waals surface area contributed by atoms with Crippen LogP contribution in [0, 0.1) is 5.92 Å². The summed E-state index contributed by atoms with van der Waals surface area (Å²) in [5.74, 6) is -0.409. The summed E-state index contributed by atoms with van der Waals surface area (Å²) in [5, 5.41) is 0. The first-order valence-electron chi connectivity index (χ1n) is 5.11. The second kappa shape index (κ2) is 6.30. The first-order chi connectivity index (χ1) is 6.13. The Morgan fingerprint density at radius 1 is 1.31 bits per heavy atom. The molecule has 2 atom stereocenters. The zero-order valence-electron chi connectivity index (χ0n) is 9.06. The van der Waals surface area contributed by atoms with E-state index in [1.165, 1.54) is 0 Å². The van der Waals surface area contributed by atoms with Crippen LogP contribution in [0.1, 0.15) is 33.6 Å². The number of halogens is 2. The highest BCUT2D eigenvalue weighted by molar-refractivity contribution is 4.80. The van der Waals surface area contributed by atoms with Gasteiger partial charge in [0.05, 0.1) is 0 Å². The Labute approximate surface area is 80.1 Å². The Balaban J connectivity index is 0.000000671. The summed E-state index contributed by atoms with van der Waals surface area (Å²) in [6.45, 7) is 6.85. The van der Waals surface area contributed by atoms with Gasteiger partial charge in [-0.1, -0.05) is 13.8 Å². The van der Waals surface area contributed by atoms with Crippen LogP contribution in [0.4, 0.5) is 8.78 Å². The lowest BCUT2D eigenvalue weighted by molar-refractivity contribution is 0.00152. The highest BCUT2D eigenvalue weighted by Gasteiger charge is 2.31. The van der Waals surface area contributed by atoms with Gasteiger partial charge < -0.3 is 4.90 Å². The number of rotatable bonds is 1. The third-order valence-corrected chi connectivity index (χ3v) is 2.69. The number of nitrogens with zero attached hydrogens (tertiary/aromatic N) is 1. The molecule has 0 radical (unpaired) electrons. The highest BCUT2D eigenvalue weighted by atomic mass is 19.3. The van der Waals surface area contributed by atoms with Gasteiger partial charge in [-0.25, -0.2) is 8.78 Å². The van der Waals surface area contributed by atoms with Gasteiger partial charge in [-0.05, 0) is 33.4 Å². The van der Waals surface area contributed by atoms with Crippen LogP contribution < -0.4 is 0 Å². The zero-order chi connectivity index (χ0) is 10.4. The molecule has 0 amide bonds. The molecule has 1 aliphatic heterocycles. The third kappa shape index (κ3) is 3.59. The van der Waals surface area contributed by atoms with Crippen molar-refractivity contribution in [3.05, 3.63) is 0 Å². The van der Waals surface area contributed by atoms with Crippen LogP contribution in [0.5, 0.6) is 0 Å². The molecule has 0 aromatic rings. The van der Waals surface area contributed by atoms with Gasteiger partial charge in [0.2, 0.25) is 6.43 Å². The lowest BCUT2D eigenvalue weighted by Gasteiger charge is -2.36. The van der Waals surface area contributed by atoms with Crippen LogP contribution in [-0.4, -0.2) is 31.0 Å². The van der Waals surface area contributed by atoms with Gasteiger partial charge in [-0.15, -0.1) is 0 Å². The fraction of sp³-hybridized carbons (Fsp3) is 1.00. The van der Waals surface area contributed by atoms with Gasteiger partial charge in [-0.2, -0.15) is 0 Å². The van der Waals surface area contributed by atoms with Gasteiger partial charge in [-0.3, -0.25) is 0 Å². The van der Waals surface area contributed by atoms with Gasteiger partial charge in [0.25, 0.3) is 0 Å². The van der Waals surface area contributed by atoms with Crippen molar-refractivity contribution >= 4 is 0 Å². The average Bonchev–Trinajstić information content (AvgIpc) is 2.13. The standard InChI is InChI=1S/C8H15F2N.C2H6/c1-6-7(8(9)10)4-3-5-11(6)2;1-2/h6-8H,3-5H2,1-2H3;1-2H3. The minimum absolute atomic E-state index is 0.0451. The van der Waals surface area contributed by atoms with Crippen molar-refractivity contribution in [3.63, 3.8) is 0 Å². The molecule has 0 aromatic carbocycles. The van der Waals surface area contributed by atoms with Crippen molar-refractivity contribution in [2.24, 2.45) is 5.92 Å². The van der Waals surface area contributed by atoms with Crippen molar-refractivity contribution < 1.29 is 8.78 Å². The summed E-state index contributed by atoms with van der Waals surface area (Å²) in [7, 11) is 1.92. The molecule has 1 fully saturated rings. The normalized spacial score (nSPS) is 29.8. The fourth-order valence-corrected chi connectivity index (χ4v) is 1.68. The van der Waals surface area contributed by atoms with Crippen LogP contribution in [-0.2, 0) is 0 Å². The molecule has 1 saturated heterocycles. The first-order valence-corrected chi connectivity index (χ1v) is 5.11. The second-order valence-corrected chi connectivity index (χ2v) is 3.36. The van der Waals surface area contributed by atoms with E-state index >= 15 is 0 Å². The number of hydrogen-bond acceptors (Lipinski definition) is 1. The van der Waals surface area contributed by atoms with E-state index in [1.54, 1.807) is 0 Å². The van der Waals surface area contributed by atoms with Gasteiger partial charge in [0, 0.05) is 12.0 Å². The van der Waals surface area contributed by atoms with E-state index in [0.717, 1.165) is 13.0 Å². The van der Waals surface area contributed by atoms with Crippen molar-refractivity contribution in [2.45, 2.75) is 46.1 Å². The third-order valence-electron chi connectivity index (χ3n) is 2.69. The summed E-state index contributed by atoms with van der Waals surface area (Å²) in [6.07, 6.45) is -0.549. The van der Waals surface area contributed by atoms with E-state index in [-0.39, 0.29) is 6.04 Å². The zero-order valence-corrected chi connectivity index (χ0v) is 9.06. The largest absolute Gasteiger partial charge is 0.303 e. The molecule has 0 aromatic heterocycles. The van der Waals surface area contributed by atoms with E-state index in [4.69, 9.17) is 0 Å². The number of alkyl halides is 2. The predicted molar refractivity (Wildman–Crippen MR) is 52.2 cm³/mol. The molecule has 1 heterocycles. The Hall–Kier alpha value is -0.180. The summed E-state index contributed by atoms with van der Waals surface area (Å²) >= 11 is 0. The number of piperidine rings is 1. The smallest absolute Gasteiger partial charge is 0.242 e. The number of likely N-dealkylation sites (tertiary alicyclic amines) is 1. The van der Waals surface area contributed by atoms with Gasteiger partial charge >= 0.3 is 0 Å². The van der Waals surface area contributed by atoms with Crippen molar-refractivity contribution in [1.82, 2.24) is 4.90 Å². The van der Waals surface area contributed by atoms with Crippen LogP contribution in [0.3, 0.4) is 0 Å². The van der Waals surface area contributed by atoms with E-state index < -0.39 is 12.3 Å². The monoisotopic (exact) mass is 193 g/mol. The highest BCUT2D eigenvalue weighted by Crippen LogP contribution is 2.27. The van der Waals surface area contributed by atoms with Crippen LogP contribution in [0.15, 0.2) is 0 Å². The predicted octanol–water partition coefficient (Wildman–Crippen LogP) is 3.01. The molecular weight excluding hydrogens is 172 g/mol. The minimum atomic E-state index is -2.15. The van der Waals surface area contributed by atoms with E-state index in [9.17, 15) is 8.78 Å².